The number of imidazole rings is 1. The maximum absolute atomic E-state index is 13.3. The minimum absolute atomic E-state index is 0.0311. The van der Waals surface area contributed by atoms with E-state index in [1.807, 2.05) is 47.2 Å². The molecule has 0 aliphatic heterocycles. The smallest absolute Gasteiger partial charge is 0.222 e. The van der Waals surface area contributed by atoms with Crippen molar-refractivity contribution in [2.24, 2.45) is 0 Å². The SMILES string of the molecule is COc1ccc2nc(OCCn3ccnc3)c3c(c2c1)C(=O)c1cc(Br)ccc1-3. The van der Waals surface area contributed by atoms with Crippen molar-refractivity contribution in [3.05, 3.63) is 70.7 Å². The molecule has 0 saturated heterocycles. The first-order valence-corrected chi connectivity index (χ1v) is 9.90. The fourth-order valence-electron chi connectivity index (χ4n) is 3.66. The van der Waals surface area contributed by atoms with Crippen molar-refractivity contribution in [2.75, 3.05) is 13.7 Å². The Morgan fingerprint density at radius 3 is 2.79 bits per heavy atom. The molecule has 2 aromatic heterocycles. The Bertz CT molecular complexity index is 1250. The Kier molecular flexibility index (Phi) is 4.32. The number of fused-ring (bicyclic) bond motifs is 5. The maximum atomic E-state index is 13.3. The lowest BCUT2D eigenvalue weighted by atomic mass is 10.0. The number of methoxy groups -OCH3 is 1. The Morgan fingerprint density at radius 2 is 2.00 bits per heavy atom. The Hall–Kier alpha value is -3.19. The second-order valence-corrected chi connectivity index (χ2v) is 7.63. The molecule has 29 heavy (non-hydrogen) atoms. The first-order chi connectivity index (χ1) is 14.2. The monoisotopic (exact) mass is 449 g/mol. The largest absolute Gasteiger partial charge is 0.497 e. The van der Waals surface area contributed by atoms with E-state index in [1.54, 1.807) is 19.6 Å². The number of hydrogen-bond donors (Lipinski definition) is 0. The second kappa shape index (κ2) is 7.00. The number of nitrogens with zero attached hydrogens (tertiary/aromatic N) is 3. The lowest BCUT2D eigenvalue weighted by Gasteiger charge is -2.13. The van der Waals surface area contributed by atoms with Gasteiger partial charge in [-0.15, -0.1) is 0 Å². The molecular formula is C22H16BrN3O3. The lowest BCUT2D eigenvalue weighted by Crippen LogP contribution is -2.09. The highest BCUT2D eigenvalue weighted by atomic mass is 79.9. The second-order valence-electron chi connectivity index (χ2n) is 6.72. The molecule has 0 saturated carbocycles. The molecule has 0 spiro atoms. The average Bonchev–Trinajstić information content (AvgIpc) is 3.35. The number of aromatic nitrogens is 3. The molecule has 0 atom stereocenters. The van der Waals surface area contributed by atoms with Crippen molar-refractivity contribution in [1.82, 2.24) is 14.5 Å². The summed E-state index contributed by atoms with van der Waals surface area (Å²) in [6.07, 6.45) is 5.35. The van der Waals surface area contributed by atoms with E-state index in [-0.39, 0.29) is 5.78 Å². The molecule has 0 unspecified atom stereocenters. The van der Waals surface area contributed by atoms with E-state index in [2.05, 4.69) is 20.9 Å². The van der Waals surface area contributed by atoms with E-state index < -0.39 is 0 Å². The number of carbonyl (C=O) groups is 1. The van der Waals surface area contributed by atoms with Gasteiger partial charge in [0.2, 0.25) is 5.88 Å². The van der Waals surface area contributed by atoms with Crippen LogP contribution in [0.15, 0.2) is 59.6 Å². The van der Waals surface area contributed by atoms with Gasteiger partial charge in [-0.05, 0) is 35.9 Å². The van der Waals surface area contributed by atoms with Crippen molar-refractivity contribution in [2.45, 2.75) is 6.54 Å². The first kappa shape index (κ1) is 17.9. The van der Waals surface area contributed by atoms with Gasteiger partial charge >= 0.3 is 0 Å². The predicted molar refractivity (Wildman–Crippen MR) is 113 cm³/mol. The zero-order chi connectivity index (χ0) is 20.0. The van der Waals surface area contributed by atoms with Crippen molar-refractivity contribution < 1.29 is 14.3 Å². The van der Waals surface area contributed by atoms with Gasteiger partial charge in [0.1, 0.15) is 12.4 Å². The number of rotatable bonds is 5. The van der Waals surface area contributed by atoms with E-state index in [4.69, 9.17) is 14.5 Å². The van der Waals surface area contributed by atoms with Crippen LogP contribution in [-0.4, -0.2) is 34.0 Å². The first-order valence-electron chi connectivity index (χ1n) is 9.10. The zero-order valence-electron chi connectivity index (χ0n) is 15.6. The summed E-state index contributed by atoms with van der Waals surface area (Å²) in [5, 5.41) is 0.763. The van der Waals surface area contributed by atoms with E-state index in [0.717, 1.165) is 21.0 Å². The molecule has 2 heterocycles. The molecule has 1 aliphatic rings. The third-order valence-electron chi connectivity index (χ3n) is 5.03. The Balaban J connectivity index is 1.66. The summed E-state index contributed by atoms with van der Waals surface area (Å²) in [4.78, 5) is 22.1. The van der Waals surface area contributed by atoms with Crippen LogP contribution in [0.1, 0.15) is 15.9 Å². The molecule has 6 nitrogen and oxygen atoms in total. The topological polar surface area (TPSA) is 66.2 Å². The van der Waals surface area contributed by atoms with Crippen LogP contribution in [-0.2, 0) is 6.54 Å². The molecule has 2 aromatic carbocycles. The third-order valence-corrected chi connectivity index (χ3v) is 5.52. The number of ketones is 1. The summed E-state index contributed by atoms with van der Waals surface area (Å²) in [6, 6.07) is 11.2. The fourth-order valence-corrected chi connectivity index (χ4v) is 4.02. The van der Waals surface area contributed by atoms with Gasteiger partial charge in [0.15, 0.2) is 5.78 Å². The molecule has 0 fully saturated rings. The molecule has 5 rings (SSSR count). The number of benzene rings is 2. The third kappa shape index (κ3) is 2.98. The predicted octanol–water partition coefficient (Wildman–Crippen LogP) is 4.49. The summed E-state index contributed by atoms with van der Waals surface area (Å²) in [5.74, 6) is 1.11. The van der Waals surface area contributed by atoms with Gasteiger partial charge in [-0.3, -0.25) is 4.79 Å². The summed E-state index contributed by atoms with van der Waals surface area (Å²) < 4.78 is 14.2. The van der Waals surface area contributed by atoms with Crippen LogP contribution in [0.2, 0.25) is 0 Å². The van der Waals surface area contributed by atoms with Gasteiger partial charge in [0, 0.05) is 33.4 Å². The highest BCUT2D eigenvalue weighted by Gasteiger charge is 2.33. The van der Waals surface area contributed by atoms with Gasteiger partial charge in [-0.1, -0.05) is 22.0 Å². The molecule has 4 aromatic rings. The number of ether oxygens (including phenoxy) is 2. The van der Waals surface area contributed by atoms with Gasteiger partial charge < -0.3 is 14.0 Å². The Labute approximate surface area is 175 Å². The number of halogens is 1. The lowest BCUT2D eigenvalue weighted by molar-refractivity contribution is 0.104. The minimum atomic E-state index is -0.0311. The van der Waals surface area contributed by atoms with Crippen molar-refractivity contribution in [3.8, 4) is 22.8 Å². The van der Waals surface area contributed by atoms with Crippen LogP contribution in [0, 0.1) is 0 Å². The quantitative estimate of drug-likeness (QED) is 0.395. The molecule has 144 valence electrons. The molecule has 0 amide bonds. The number of pyridine rings is 1. The molecule has 0 bridgehead atoms. The van der Waals surface area contributed by atoms with Crippen LogP contribution in [0.25, 0.3) is 22.0 Å². The van der Waals surface area contributed by atoms with Crippen LogP contribution >= 0.6 is 15.9 Å². The van der Waals surface area contributed by atoms with E-state index >= 15 is 0 Å². The number of carbonyl (C=O) groups excluding carboxylic acids is 1. The van der Waals surface area contributed by atoms with Crippen LogP contribution in [0.5, 0.6) is 11.6 Å². The van der Waals surface area contributed by atoms with Crippen LogP contribution < -0.4 is 9.47 Å². The molecule has 7 heteroatoms. The molecule has 1 aliphatic carbocycles. The highest BCUT2D eigenvalue weighted by Crippen LogP contribution is 2.46. The Morgan fingerprint density at radius 1 is 1.10 bits per heavy atom. The van der Waals surface area contributed by atoms with Crippen LogP contribution in [0.3, 0.4) is 0 Å². The summed E-state index contributed by atoms with van der Waals surface area (Å²) in [5.41, 5.74) is 3.53. The normalized spacial score (nSPS) is 12.1. The van der Waals surface area contributed by atoms with Gasteiger partial charge in [0.05, 0.1) is 31.1 Å². The minimum Gasteiger partial charge on any atom is -0.497 e. The van der Waals surface area contributed by atoms with Crippen molar-refractivity contribution in [1.29, 1.82) is 0 Å². The average molecular weight is 450 g/mol. The molecule has 0 N–H and O–H groups in total. The van der Waals surface area contributed by atoms with E-state index in [1.165, 1.54) is 0 Å². The van der Waals surface area contributed by atoms with Gasteiger partial charge in [-0.25, -0.2) is 9.97 Å². The maximum Gasteiger partial charge on any atom is 0.222 e. The highest BCUT2D eigenvalue weighted by molar-refractivity contribution is 9.10. The van der Waals surface area contributed by atoms with Crippen molar-refractivity contribution in [3.63, 3.8) is 0 Å². The van der Waals surface area contributed by atoms with E-state index in [9.17, 15) is 4.79 Å². The number of hydrogen-bond acceptors (Lipinski definition) is 5. The van der Waals surface area contributed by atoms with Crippen molar-refractivity contribution >= 4 is 32.6 Å². The summed E-state index contributed by atoms with van der Waals surface area (Å²) in [7, 11) is 1.61. The standard InChI is InChI=1S/C22H16BrN3O3/c1-28-14-3-5-18-17(11-14)19-20(15-4-2-13(23)10-16(15)21(19)27)22(25-18)29-9-8-26-7-6-24-12-26/h2-7,10-12H,8-9H2,1H3. The zero-order valence-corrected chi connectivity index (χ0v) is 17.1. The van der Waals surface area contributed by atoms with Gasteiger partial charge in [-0.2, -0.15) is 0 Å². The van der Waals surface area contributed by atoms with Crippen LogP contribution in [0.4, 0.5) is 0 Å². The molecule has 0 radical (unpaired) electrons. The fraction of sp³-hybridized carbons (Fsp3) is 0.136. The summed E-state index contributed by atoms with van der Waals surface area (Å²) >= 11 is 3.46. The van der Waals surface area contributed by atoms with Gasteiger partial charge in [0.25, 0.3) is 0 Å². The summed E-state index contributed by atoms with van der Waals surface area (Å²) in [6.45, 7) is 1.05. The molecular weight excluding hydrogens is 434 g/mol. The van der Waals surface area contributed by atoms with E-state index in [0.29, 0.717) is 41.4 Å².